The molecule has 1 unspecified atom stereocenters. The number of nitrogens with zero attached hydrogens (tertiary/aromatic N) is 2. The third kappa shape index (κ3) is 3.04. The lowest BCUT2D eigenvalue weighted by molar-refractivity contribution is 0.100. The topological polar surface area (TPSA) is 75.6 Å². The van der Waals surface area contributed by atoms with Crippen molar-refractivity contribution in [2.45, 2.75) is 25.8 Å². The molecule has 1 atom stereocenters. The summed E-state index contributed by atoms with van der Waals surface area (Å²) in [7, 11) is 1.99. The van der Waals surface area contributed by atoms with Crippen LogP contribution in [-0.4, -0.2) is 43.5 Å². The minimum absolute atomic E-state index is 0.411. The number of carbonyl (C=O) groups is 1. The molecule has 4 N–H and O–H groups in total. The van der Waals surface area contributed by atoms with Crippen LogP contribution in [-0.2, 0) is 0 Å². The molecule has 0 aliphatic carbocycles. The standard InChI is InChI=1S/C15H24N4O/c1-3-19-8-4-5-12(19)10-18(2)14-9-11(16)6-7-13(14)15(17)20/h6-7,9,12H,3-5,8,10,16H2,1-2H3,(H2,17,20). The molecule has 1 aromatic carbocycles. The predicted octanol–water partition coefficient (Wildman–Crippen LogP) is 1.29. The summed E-state index contributed by atoms with van der Waals surface area (Å²) in [5.74, 6) is -0.411. The van der Waals surface area contributed by atoms with Gasteiger partial charge in [-0.3, -0.25) is 9.69 Å². The highest BCUT2D eigenvalue weighted by Gasteiger charge is 2.25. The molecule has 1 aliphatic rings. The van der Waals surface area contributed by atoms with Gasteiger partial charge in [0.15, 0.2) is 0 Å². The molecule has 0 aromatic heterocycles. The van der Waals surface area contributed by atoms with Crippen molar-refractivity contribution in [3.05, 3.63) is 23.8 Å². The molecular weight excluding hydrogens is 252 g/mol. The van der Waals surface area contributed by atoms with Crippen LogP contribution in [0.4, 0.5) is 11.4 Å². The Morgan fingerprint density at radius 3 is 2.90 bits per heavy atom. The Balaban J connectivity index is 2.18. The van der Waals surface area contributed by atoms with Gasteiger partial charge >= 0.3 is 0 Å². The van der Waals surface area contributed by atoms with Crippen LogP contribution in [0.5, 0.6) is 0 Å². The normalized spacial score (nSPS) is 19.2. The molecule has 0 radical (unpaired) electrons. The maximum absolute atomic E-state index is 11.5. The second-order valence-electron chi connectivity index (χ2n) is 5.45. The first-order chi connectivity index (χ1) is 9.52. The number of nitrogens with two attached hydrogens (primary N) is 2. The average Bonchev–Trinajstić information content (AvgIpc) is 2.85. The van der Waals surface area contributed by atoms with Gasteiger partial charge < -0.3 is 16.4 Å². The van der Waals surface area contributed by atoms with Crippen LogP contribution >= 0.6 is 0 Å². The zero-order valence-electron chi connectivity index (χ0n) is 12.3. The van der Waals surface area contributed by atoms with Crippen molar-refractivity contribution < 1.29 is 4.79 Å². The summed E-state index contributed by atoms with van der Waals surface area (Å²) in [6.45, 7) is 5.30. The zero-order chi connectivity index (χ0) is 14.7. The molecule has 1 heterocycles. The smallest absolute Gasteiger partial charge is 0.250 e. The summed E-state index contributed by atoms with van der Waals surface area (Å²) in [5, 5.41) is 0. The van der Waals surface area contributed by atoms with Gasteiger partial charge in [-0.1, -0.05) is 6.92 Å². The summed E-state index contributed by atoms with van der Waals surface area (Å²) in [6, 6.07) is 5.78. The quantitative estimate of drug-likeness (QED) is 0.795. The number of rotatable bonds is 5. The first kappa shape index (κ1) is 14.7. The number of nitrogen functional groups attached to an aromatic ring is 1. The summed E-state index contributed by atoms with van der Waals surface area (Å²) in [4.78, 5) is 16.1. The lowest BCUT2D eigenvalue weighted by atomic mass is 10.1. The molecule has 0 bridgehead atoms. The number of hydrogen-bond acceptors (Lipinski definition) is 4. The monoisotopic (exact) mass is 276 g/mol. The third-order valence-electron chi connectivity index (χ3n) is 4.09. The van der Waals surface area contributed by atoms with Crippen molar-refractivity contribution in [1.29, 1.82) is 0 Å². The summed E-state index contributed by atoms with van der Waals surface area (Å²) in [5.41, 5.74) is 13.3. The maximum atomic E-state index is 11.5. The molecule has 1 aliphatic heterocycles. The zero-order valence-corrected chi connectivity index (χ0v) is 12.3. The number of likely N-dealkylation sites (N-methyl/N-ethyl adjacent to an activating group) is 2. The maximum Gasteiger partial charge on any atom is 0.250 e. The van der Waals surface area contributed by atoms with Crippen LogP contribution < -0.4 is 16.4 Å². The average molecular weight is 276 g/mol. The lowest BCUT2D eigenvalue weighted by Crippen LogP contribution is -2.39. The molecule has 0 saturated carbocycles. The second-order valence-corrected chi connectivity index (χ2v) is 5.45. The predicted molar refractivity (Wildman–Crippen MR) is 82.9 cm³/mol. The van der Waals surface area contributed by atoms with Gasteiger partial charge in [0.2, 0.25) is 0 Å². The van der Waals surface area contributed by atoms with Gasteiger partial charge in [-0.05, 0) is 44.1 Å². The number of hydrogen-bond donors (Lipinski definition) is 2. The molecule has 2 rings (SSSR count). The van der Waals surface area contributed by atoms with Gasteiger partial charge in [0, 0.05) is 25.3 Å². The second kappa shape index (κ2) is 6.13. The summed E-state index contributed by atoms with van der Waals surface area (Å²) in [6.07, 6.45) is 2.44. The Morgan fingerprint density at radius 2 is 2.25 bits per heavy atom. The molecule has 0 spiro atoms. The van der Waals surface area contributed by atoms with Crippen molar-refractivity contribution in [1.82, 2.24) is 4.90 Å². The van der Waals surface area contributed by atoms with Gasteiger partial charge in [-0.25, -0.2) is 0 Å². The largest absolute Gasteiger partial charge is 0.399 e. The van der Waals surface area contributed by atoms with E-state index in [-0.39, 0.29) is 0 Å². The van der Waals surface area contributed by atoms with Gasteiger partial charge in [-0.15, -0.1) is 0 Å². The van der Waals surface area contributed by atoms with E-state index in [2.05, 4.69) is 16.7 Å². The number of benzene rings is 1. The van der Waals surface area contributed by atoms with Crippen LogP contribution in [0.15, 0.2) is 18.2 Å². The van der Waals surface area contributed by atoms with Crippen LogP contribution in [0, 0.1) is 0 Å². The SMILES string of the molecule is CCN1CCCC1CN(C)c1cc(N)ccc1C(N)=O. The number of amides is 1. The first-order valence-electron chi connectivity index (χ1n) is 7.17. The van der Waals surface area contributed by atoms with Crippen molar-refractivity contribution in [2.75, 3.05) is 37.3 Å². The summed E-state index contributed by atoms with van der Waals surface area (Å²) >= 11 is 0. The molecule has 5 nitrogen and oxygen atoms in total. The molecule has 110 valence electrons. The van der Waals surface area contributed by atoms with Gasteiger partial charge in [-0.2, -0.15) is 0 Å². The molecule has 1 aromatic rings. The number of primary amides is 1. The lowest BCUT2D eigenvalue weighted by Gasteiger charge is -2.30. The van der Waals surface area contributed by atoms with E-state index in [4.69, 9.17) is 11.5 Å². The first-order valence-corrected chi connectivity index (χ1v) is 7.17. The molecule has 1 saturated heterocycles. The number of carbonyl (C=O) groups excluding carboxylic acids is 1. The number of anilines is 2. The molecule has 5 heteroatoms. The third-order valence-corrected chi connectivity index (χ3v) is 4.09. The van der Waals surface area contributed by atoms with Crippen LogP contribution in [0.25, 0.3) is 0 Å². The molecule has 20 heavy (non-hydrogen) atoms. The van der Waals surface area contributed by atoms with Crippen LogP contribution in [0.2, 0.25) is 0 Å². The fourth-order valence-corrected chi connectivity index (χ4v) is 3.01. The van der Waals surface area contributed by atoms with Crippen LogP contribution in [0.3, 0.4) is 0 Å². The molecular formula is C15H24N4O. The van der Waals surface area contributed by atoms with E-state index < -0.39 is 5.91 Å². The van der Waals surface area contributed by atoms with E-state index in [9.17, 15) is 4.79 Å². The number of likely N-dealkylation sites (tertiary alicyclic amines) is 1. The Morgan fingerprint density at radius 1 is 1.50 bits per heavy atom. The van der Waals surface area contributed by atoms with E-state index in [1.165, 1.54) is 12.8 Å². The van der Waals surface area contributed by atoms with E-state index in [1.807, 2.05) is 13.1 Å². The highest BCUT2D eigenvalue weighted by molar-refractivity contribution is 5.99. The minimum Gasteiger partial charge on any atom is -0.399 e. The highest BCUT2D eigenvalue weighted by atomic mass is 16.1. The van der Waals surface area contributed by atoms with Gasteiger partial charge in [0.05, 0.1) is 11.3 Å². The van der Waals surface area contributed by atoms with E-state index in [0.29, 0.717) is 17.3 Å². The Labute approximate surface area is 120 Å². The minimum atomic E-state index is -0.411. The fourth-order valence-electron chi connectivity index (χ4n) is 3.01. The molecule has 1 fully saturated rings. The van der Waals surface area contributed by atoms with Gasteiger partial charge in [0.1, 0.15) is 0 Å². The van der Waals surface area contributed by atoms with E-state index >= 15 is 0 Å². The Bertz CT molecular complexity index is 489. The molecule has 1 amide bonds. The Kier molecular flexibility index (Phi) is 4.49. The highest BCUT2D eigenvalue weighted by Crippen LogP contribution is 2.25. The summed E-state index contributed by atoms with van der Waals surface area (Å²) < 4.78 is 0. The van der Waals surface area contributed by atoms with E-state index in [1.54, 1.807) is 12.1 Å². The van der Waals surface area contributed by atoms with E-state index in [0.717, 1.165) is 25.3 Å². The van der Waals surface area contributed by atoms with Crippen molar-refractivity contribution >= 4 is 17.3 Å². The van der Waals surface area contributed by atoms with Crippen molar-refractivity contribution in [2.24, 2.45) is 5.73 Å². The van der Waals surface area contributed by atoms with Crippen molar-refractivity contribution in [3.8, 4) is 0 Å². The Hall–Kier alpha value is -1.75. The van der Waals surface area contributed by atoms with Crippen LogP contribution in [0.1, 0.15) is 30.1 Å². The fraction of sp³-hybridized carbons (Fsp3) is 0.533. The van der Waals surface area contributed by atoms with Gasteiger partial charge in [0.25, 0.3) is 5.91 Å². The van der Waals surface area contributed by atoms with Crippen molar-refractivity contribution in [3.63, 3.8) is 0 Å².